The fourth-order valence-electron chi connectivity index (χ4n) is 2.27. The number of carbonyl (C=O) groups excluding carboxylic acids is 1. The summed E-state index contributed by atoms with van der Waals surface area (Å²) in [5.74, 6) is 0.402. The molecular formula is C16H24N4OS. The third kappa shape index (κ3) is 3.21. The molecule has 22 heavy (non-hydrogen) atoms. The van der Waals surface area contributed by atoms with Crippen molar-refractivity contribution in [3.8, 4) is 0 Å². The number of rotatable bonds is 5. The lowest BCUT2D eigenvalue weighted by molar-refractivity contribution is 0.0744. The van der Waals surface area contributed by atoms with Crippen LogP contribution in [0.15, 0.2) is 12.4 Å². The molecule has 6 heteroatoms. The van der Waals surface area contributed by atoms with Crippen LogP contribution < -0.4 is 0 Å². The summed E-state index contributed by atoms with van der Waals surface area (Å²) in [6.45, 7) is 11.1. The first-order chi connectivity index (χ1) is 10.3. The van der Waals surface area contributed by atoms with Crippen molar-refractivity contribution in [2.75, 3.05) is 7.05 Å². The number of aromatic nitrogens is 3. The van der Waals surface area contributed by atoms with Gasteiger partial charge in [-0.2, -0.15) is 5.10 Å². The summed E-state index contributed by atoms with van der Waals surface area (Å²) in [5.41, 5.74) is 1.65. The first kappa shape index (κ1) is 16.7. The normalized spacial score (nSPS) is 12.7. The van der Waals surface area contributed by atoms with Crippen molar-refractivity contribution in [2.24, 2.45) is 0 Å². The van der Waals surface area contributed by atoms with Crippen molar-refractivity contribution < 1.29 is 4.79 Å². The zero-order valence-corrected chi connectivity index (χ0v) is 14.9. The molecule has 0 radical (unpaired) electrons. The minimum atomic E-state index is -0.00824. The predicted octanol–water partition coefficient (Wildman–Crippen LogP) is 3.62. The van der Waals surface area contributed by atoms with Crippen molar-refractivity contribution in [1.82, 2.24) is 19.7 Å². The number of aryl methyl sites for hydroxylation is 2. The van der Waals surface area contributed by atoms with Gasteiger partial charge in [0.2, 0.25) is 0 Å². The molecule has 120 valence electrons. The van der Waals surface area contributed by atoms with Crippen LogP contribution in [0.2, 0.25) is 0 Å². The SMILES string of the molecule is CCn1cc(C(=O)N(C)[C@H](C)c2sc(C(C)C)nc2C)cn1. The second-order valence-corrected chi connectivity index (χ2v) is 6.90. The van der Waals surface area contributed by atoms with Gasteiger partial charge in [0.25, 0.3) is 5.91 Å². The number of carbonyl (C=O) groups is 1. The maximum Gasteiger partial charge on any atom is 0.257 e. The summed E-state index contributed by atoms with van der Waals surface area (Å²) in [6.07, 6.45) is 3.43. The zero-order valence-electron chi connectivity index (χ0n) is 14.1. The molecule has 5 nitrogen and oxygen atoms in total. The van der Waals surface area contributed by atoms with E-state index in [4.69, 9.17) is 0 Å². The molecule has 0 saturated carbocycles. The van der Waals surface area contributed by atoms with E-state index in [0.29, 0.717) is 11.5 Å². The van der Waals surface area contributed by atoms with Crippen LogP contribution in [0.4, 0.5) is 0 Å². The molecule has 0 aliphatic carbocycles. The molecule has 0 spiro atoms. The standard InChI is InChI=1S/C16H24N4OS/c1-7-20-9-13(8-17-20)16(21)19(6)12(5)14-11(4)18-15(22-14)10(2)3/h8-10,12H,7H2,1-6H3/t12-/m1/s1. The van der Waals surface area contributed by atoms with Crippen molar-refractivity contribution in [3.05, 3.63) is 33.5 Å². The van der Waals surface area contributed by atoms with E-state index >= 15 is 0 Å². The van der Waals surface area contributed by atoms with Crippen LogP contribution in [0.25, 0.3) is 0 Å². The molecule has 0 N–H and O–H groups in total. The Hall–Kier alpha value is -1.69. The molecule has 0 bridgehead atoms. The molecule has 1 atom stereocenters. The largest absolute Gasteiger partial charge is 0.334 e. The van der Waals surface area contributed by atoms with Crippen molar-refractivity contribution >= 4 is 17.2 Å². The van der Waals surface area contributed by atoms with Gasteiger partial charge in [-0.05, 0) is 20.8 Å². The van der Waals surface area contributed by atoms with E-state index < -0.39 is 0 Å². The fourth-order valence-corrected chi connectivity index (χ4v) is 3.43. The van der Waals surface area contributed by atoms with Gasteiger partial charge in [0.15, 0.2) is 0 Å². The molecule has 0 unspecified atom stereocenters. The molecule has 0 saturated heterocycles. The van der Waals surface area contributed by atoms with Gasteiger partial charge in [0.1, 0.15) is 0 Å². The van der Waals surface area contributed by atoms with Crippen LogP contribution >= 0.6 is 11.3 Å². The van der Waals surface area contributed by atoms with E-state index in [1.165, 1.54) is 0 Å². The van der Waals surface area contributed by atoms with Gasteiger partial charge in [-0.3, -0.25) is 9.48 Å². The van der Waals surface area contributed by atoms with Crippen LogP contribution in [0.1, 0.15) is 65.6 Å². The number of amides is 1. The molecule has 2 aromatic rings. The van der Waals surface area contributed by atoms with Gasteiger partial charge in [-0.15, -0.1) is 11.3 Å². The Balaban J connectivity index is 2.21. The summed E-state index contributed by atoms with van der Waals surface area (Å²) >= 11 is 1.70. The van der Waals surface area contributed by atoms with Crippen LogP contribution in [0, 0.1) is 6.92 Å². The molecule has 0 fully saturated rings. The van der Waals surface area contributed by atoms with Crippen molar-refractivity contribution in [3.63, 3.8) is 0 Å². The lowest BCUT2D eigenvalue weighted by atomic mass is 10.2. The molecule has 1 amide bonds. The highest BCUT2D eigenvalue weighted by Crippen LogP contribution is 2.32. The second-order valence-electron chi connectivity index (χ2n) is 5.83. The highest BCUT2D eigenvalue weighted by Gasteiger charge is 2.24. The van der Waals surface area contributed by atoms with E-state index in [0.717, 1.165) is 22.1 Å². The fraction of sp³-hybridized carbons (Fsp3) is 0.562. The van der Waals surface area contributed by atoms with E-state index in [9.17, 15) is 4.79 Å². The molecule has 0 aliphatic heterocycles. The Morgan fingerprint density at radius 1 is 1.41 bits per heavy atom. The first-order valence-corrected chi connectivity index (χ1v) is 8.43. The molecule has 2 aromatic heterocycles. The Labute approximate surface area is 136 Å². The van der Waals surface area contributed by atoms with Crippen LogP contribution in [0.3, 0.4) is 0 Å². The maximum absolute atomic E-state index is 12.6. The number of thiazole rings is 1. The predicted molar refractivity (Wildman–Crippen MR) is 89.3 cm³/mol. The first-order valence-electron chi connectivity index (χ1n) is 7.62. The third-order valence-corrected chi connectivity index (χ3v) is 5.46. The highest BCUT2D eigenvalue weighted by molar-refractivity contribution is 7.11. The van der Waals surface area contributed by atoms with E-state index in [1.807, 2.05) is 27.8 Å². The van der Waals surface area contributed by atoms with Crippen molar-refractivity contribution in [2.45, 2.75) is 53.1 Å². The average Bonchev–Trinajstić information content (AvgIpc) is 3.11. The van der Waals surface area contributed by atoms with Gasteiger partial charge in [-0.1, -0.05) is 13.8 Å². The van der Waals surface area contributed by atoms with E-state index in [1.54, 1.807) is 33.3 Å². The number of hydrogen-bond donors (Lipinski definition) is 0. The lowest BCUT2D eigenvalue weighted by Crippen LogP contribution is -2.29. The van der Waals surface area contributed by atoms with Crippen LogP contribution in [-0.2, 0) is 6.54 Å². The molecule has 2 heterocycles. The third-order valence-electron chi connectivity index (χ3n) is 3.83. The summed E-state index contributed by atoms with van der Waals surface area (Å²) < 4.78 is 1.76. The molecular weight excluding hydrogens is 296 g/mol. The van der Waals surface area contributed by atoms with Gasteiger partial charge in [-0.25, -0.2) is 4.98 Å². The number of nitrogens with zero attached hydrogens (tertiary/aromatic N) is 4. The molecule has 2 rings (SSSR count). The Kier molecular flexibility index (Phi) is 5.01. The second kappa shape index (κ2) is 6.60. The van der Waals surface area contributed by atoms with Crippen molar-refractivity contribution in [1.29, 1.82) is 0 Å². The Morgan fingerprint density at radius 2 is 2.09 bits per heavy atom. The average molecular weight is 320 g/mol. The minimum Gasteiger partial charge on any atom is -0.334 e. The quantitative estimate of drug-likeness (QED) is 0.845. The summed E-state index contributed by atoms with van der Waals surface area (Å²) in [5, 5.41) is 5.30. The van der Waals surface area contributed by atoms with E-state index in [2.05, 4.69) is 23.9 Å². The maximum atomic E-state index is 12.6. The lowest BCUT2D eigenvalue weighted by Gasteiger charge is -2.24. The molecule has 0 aromatic carbocycles. The summed E-state index contributed by atoms with van der Waals surface area (Å²) in [7, 11) is 1.84. The Morgan fingerprint density at radius 3 is 2.59 bits per heavy atom. The van der Waals surface area contributed by atoms with Gasteiger partial charge < -0.3 is 4.90 Å². The van der Waals surface area contributed by atoms with E-state index in [-0.39, 0.29) is 11.9 Å². The van der Waals surface area contributed by atoms with Gasteiger partial charge >= 0.3 is 0 Å². The summed E-state index contributed by atoms with van der Waals surface area (Å²) in [6, 6.07) is 0.00229. The zero-order chi connectivity index (χ0) is 16.4. The smallest absolute Gasteiger partial charge is 0.257 e. The van der Waals surface area contributed by atoms with Crippen LogP contribution in [-0.4, -0.2) is 32.6 Å². The van der Waals surface area contributed by atoms with Gasteiger partial charge in [0, 0.05) is 30.6 Å². The topological polar surface area (TPSA) is 51.0 Å². The monoisotopic (exact) mass is 320 g/mol. The minimum absolute atomic E-state index is 0.00229. The number of hydrogen-bond acceptors (Lipinski definition) is 4. The molecule has 0 aliphatic rings. The Bertz CT molecular complexity index is 659. The van der Waals surface area contributed by atoms with Crippen LogP contribution in [0.5, 0.6) is 0 Å². The summed E-state index contributed by atoms with van der Waals surface area (Å²) in [4.78, 5) is 20.1. The van der Waals surface area contributed by atoms with Gasteiger partial charge in [0.05, 0.1) is 28.5 Å². The highest BCUT2D eigenvalue weighted by atomic mass is 32.1.